The topological polar surface area (TPSA) is 63.6 Å². The number of carbonyl (C=O) groups excluding carboxylic acids is 1. The van der Waals surface area contributed by atoms with Gasteiger partial charge in [-0.25, -0.2) is 0 Å². The third-order valence-electron chi connectivity index (χ3n) is 6.20. The quantitative estimate of drug-likeness (QED) is 0.575. The van der Waals surface area contributed by atoms with Crippen molar-refractivity contribution >= 4 is 16.7 Å². The summed E-state index contributed by atoms with van der Waals surface area (Å²) in [7, 11) is 1.60. The minimum atomic E-state index is -0.157. The van der Waals surface area contributed by atoms with Crippen molar-refractivity contribution in [3.05, 3.63) is 70.6 Å². The van der Waals surface area contributed by atoms with Gasteiger partial charge in [0.1, 0.15) is 5.75 Å². The molecule has 4 rings (SSSR count). The van der Waals surface area contributed by atoms with Crippen molar-refractivity contribution in [2.45, 2.75) is 26.2 Å². The molecule has 0 spiro atoms. The fourth-order valence-electron chi connectivity index (χ4n) is 4.50. The van der Waals surface area contributed by atoms with E-state index in [0.717, 1.165) is 32.0 Å². The number of ether oxygens (including phenoxy) is 1. The number of piperidine rings is 1. The number of hydrogen-bond acceptors (Lipinski definition) is 4. The molecule has 168 valence electrons. The lowest BCUT2D eigenvalue weighted by Crippen LogP contribution is -2.36. The highest BCUT2D eigenvalue weighted by Gasteiger charge is 2.17. The van der Waals surface area contributed by atoms with Crippen LogP contribution >= 0.6 is 0 Å². The van der Waals surface area contributed by atoms with Gasteiger partial charge in [0.25, 0.3) is 11.5 Å². The number of rotatable bonds is 7. The first-order valence-corrected chi connectivity index (χ1v) is 11.4. The van der Waals surface area contributed by atoms with Crippen LogP contribution in [0.4, 0.5) is 0 Å². The smallest absolute Gasteiger partial charge is 0.262 e. The molecule has 6 nitrogen and oxygen atoms in total. The van der Waals surface area contributed by atoms with Crippen LogP contribution < -0.4 is 15.6 Å². The van der Waals surface area contributed by atoms with Crippen LogP contribution in [0.1, 0.15) is 36.5 Å². The molecular weight excluding hydrogens is 402 g/mol. The molecule has 2 heterocycles. The van der Waals surface area contributed by atoms with Gasteiger partial charge in [-0.3, -0.25) is 14.2 Å². The van der Waals surface area contributed by atoms with E-state index >= 15 is 0 Å². The Morgan fingerprint density at radius 1 is 1.12 bits per heavy atom. The van der Waals surface area contributed by atoms with E-state index in [9.17, 15) is 9.59 Å². The van der Waals surface area contributed by atoms with E-state index in [2.05, 4.69) is 17.1 Å². The SMILES string of the molecule is COc1ccc(-n2cc(C(=O)NCCCN3CCCC(C)C3)c3ccccc3c2=O)cc1. The van der Waals surface area contributed by atoms with E-state index in [-0.39, 0.29) is 11.5 Å². The third-order valence-corrected chi connectivity index (χ3v) is 6.20. The van der Waals surface area contributed by atoms with Crippen LogP contribution in [0.15, 0.2) is 59.5 Å². The van der Waals surface area contributed by atoms with Gasteiger partial charge in [0, 0.05) is 35.7 Å². The van der Waals surface area contributed by atoms with Gasteiger partial charge in [0.2, 0.25) is 0 Å². The molecule has 1 N–H and O–H groups in total. The maximum Gasteiger partial charge on any atom is 0.262 e. The molecule has 1 atom stereocenters. The second-order valence-electron chi connectivity index (χ2n) is 8.62. The lowest BCUT2D eigenvalue weighted by molar-refractivity contribution is 0.0951. The van der Waals surface area contributed by atoms with Crippen LogP contribution in [-0.2, 0) is 0 Å². The Balaban J connectivity index is 1.53. The Bertz CT molecular complexity index is 1140. The van der Waals surface area contributed by atoms with Crippen LogP contribution in [0, 0.1) is 5.92 Å². The number of benzene rings is 2. The minimum Gasteiger partial charge on any atom is -0.497 e. The zero-order chi connectivity index (χ0) is 22.5. The lowest BCUT2D eigenvalue weighted by Gasteiger charge is -2.30. The van der Waals surface area contributed by atoms with Gasteiger partial charge in [0.15, 0.2) is 0 Å². The second-order valence-corrected chi connectivity index (χ2v) is 8.62. The van der Waals surface area contributed by atoms with Crippen molar-refractivity contribution < 1.29 is 9.53 Å². The first kappa shape index (κ1) is 22.1. The maximum atomic E-state index is 13.1. The monoisotopic (exact) mass is 433 g/mol. The minimum absolute atomic E-state index is 0.151. The van der Waals surface area contributed by atoms with Crippen LogP contribution in [0.25, 0.3) is 16.5 Å². The number of fused-ring (bicyclic) bond motifs is 1. The second kappa shape index (κ2) is 10.0. The summed E-state index contributed by atoms with van der Waals surface area (Å²) in [6.07, 6.45) is 5.12. The van der Waals surface area contributed by atoms with Gasteiger partial charge in [0.05, 0.1) is 12.7 Å². The average molecular weight is 434 g/mol. The number of likely N-dealkylation sites (tertiary alicyclic amines) is 1. The van der Waals surface area contributed by atoms with E-state index in [4.69, 9.17) is 4.74 Å². The molecular formula is C26H31N3O3. The van der Waals surface area contributed by atoms with Crippen LogP contribution in [0.5, 0.6) is 5.75 Å². The average Bonchev–Trinajstić information content (AvgIpc) is 2.82. The van der Waals surface area contributed by atoms with Gasteiger partial charge in [-0.05, 0) is 68.6 Å². The van der Waals surface area contributed by atoms with Crippen LogP contribution in [0.3, 0.4) is 0 Å². The molecule has 1 amide bonds. The fourth-order valence-corrected chi connectivity index (χ4v) is 4.50. The molecule has 0 radical (unpaired) electrons. The Kier molecular flexibility index (Phi) is 6.90. The van der Waals surface area contributed by atoms with Gasteiger partial charge in [-0.2, -0.15) is 0 Å². The first-order valence-electron chi connectivity index (χ1n) is 11.4. The predicted octanol–water partition coefficient (Wildman–Crippen LogP) is 3.85. The summed E-state index contributed by atoms with van der Waals surface area (Å²) < 4.78 is 6.75. The lowest BCUT2D eigenvalue weighted by atomic mass is 10.0. The predicted molar refractivity (Wildman–Crippen MR) is 128 cm³/mol. The summed E-state index contributed by atoms with van der Waals surface area (Å²) in [5, 5.41) is 4.25. The summed E-state index contributed by atoms with van der Waals surface area (Å²) >= 11 is 0. The molecule has 0 aliphatic carbocycles. The Morgan fingerprint density at radius 3 is 2.59 bits per heavy atom. The van der Waals surface area contributed by atoms with E-state index in [0.29, 0.717) is 34.3 Å². The van der Waals surface area contributed by atoms with Crippen molar-refractivity contribution in [2.75, 3.05) is 33.3 Å². The molecule has 1 unspecified atom stereocenters. The highest BCUT2D eigenvalue weighted by Crippen LogP contribution is 2.20. The van der Waals surface area contributed by atoms with Crippen molar-refractivity contribution in [1.29, 1.82) is 0 Å². The number of amides is 1. The number of nitrogens with one attached hydrogen (secondary N) is 1. The summed E-state index contributed by atoms with van der Waals surface area (Å²) in [6, 6.07) is 14.5. The first-order chi connectivity index (χ1) is 15.6. The Labute approximate surface area is 188 Å². The van der Waals surface area contributed by atoms with Gasteiger partial charge < -0.3 is 15.0 Å². The Morgan fingerprint density at radius 2 is 1.88 bits per heavy atom. The normalized spacial score (nSPS) is 16.8. The molecule has 1 aliphatic heterocycles. The van der Waals surface area contributed by atoms with Crippen molar-refractivity contribution in [3.63, 3.8) is 0 Å². The van der Waals surface area contributed by atoms with Gasteiger partial charge in [-0.15, -0.1) is 0 Å². The van der Waals surface area contributed by atoms with Crippen LogP contribution in [0.2, 0.25) is 0 Å². The summed E-state index contributed by atoms with van der Waals surface area (Å²) in [4.78, 5) is 28.7. The number of aromatic nitrogens is 1. The number of methoxy groups -OCH3 is 1. The molecule has 1 aromatic heterocycles. The van der Waals surface area contributed by atoms with E-state index < -0.39 is 0 Å². The molecule has 1 aliphatic rings. The van der Waals surface area contributed by atoms with E-state index in [1.165, 1.54) is 17.4 Å². The van der Waals surface area contributed by atoms with Crippen molar-refractivity contribution in [2.24, 2.45) is 5.92 Å². The van der Waals surface area contributed by atoms with Gasteiger partial charge >= 0.3 is 0 Å². The number of nitrogens with zero attached hydrogens (tertiary/aromatic N) is 2. The molecule has 2 aromatic carbocycles. The largest absolute Gasteiger partial charge is 0.497 e. The standard InChI is InChI=1S/C26H31N3O3/c1-19-7-5-15-28(17-19)16-6-14-27-25(30)24-18-29(20-10-12-21(32-2)13-11-20)26(31)23-9-4-3-8-22(23)24/h3-4,8-13,18-19H,5-7,14-17H2,1-2H3,(H,27,30). The number of pyridine rings is 1. The zero-order valence-electron chi connectivity index (χ0n) is 18.8. The molecule has 0 saturated carbocycles. The molecule has 1 saturated heterocycles. The molecule has 3 aromatic rings. The molecule has 32 heavy (non-hydrogen) atoms. The highest BCUT2D eigenvalue weighted by atomic mass is 16.5. The molecule has 1 fully saturated rings. The summed E-state index contributed by atoms with van der Waals surface area (Å²) in [5.74, 6) is 1.31. The highest BCUT2D eigenvalue weighted by molar-refractivity contribution is 6.06. The number of carbonyl (C=O) groups is 1. The van der Waals surface area contributed by atoms with Crippen molar-refractivity contribution in [3.8, 4) is 11.4 Å². The summed E-state index contributed by atoms with van der Waals surface area (Å²) in [5.41, 5.74) is 1.04. The zero-order valence-corrected chi connectivity index (χ0v) is 18.8. The van der Waals surface area contributed by atoms with Gasteiger partial charge in [-0.1, -0.05) is 25.1 Å². The van der Waals surface area contributed by atoms with Crippen LogP contribution in [-0.4, -0.2) is 48.7 Å². The number of hydrogen-bond donors (Lipinski definition) is 1. The molecule has 0 bridgehead atoms. The van der Waals surface area contributed by atoms with E-state index in [1.807, 2.05) is 30.3 Å². The summed E-state index contributed by atoms with van der Waals surface area (Å²) in [6.45, 7) is 6.20. The van der Waals surface area contributed by atoms with Crippen molar-refractivity contribution in [1.82, 2.24) is 14.8 Å². The third kappa shape index (κ3) is 4.86. The Hall–Kier alpha value is -3.12. The molecule has 6 heteroatoms. The fraction of sp³-hybridized carbons (Fsp3) is 0.385. The van der Waals surface area contributed by atoms with E-state index in [1.54, 1.807) is 31.5 Å². The maximum absolute atomic E-state index is 13.1.